The quantitative estimate of drug-likeness (QED) is 0.583. The van der Waals surface area contributed by atoms with Crippen molar-refractivity contribution in [2.45, 2.75) is 6.10 Å². The Bertz CT molecular complexity index is 488. The molecule has 1 unspecified atom stereocenters. The molecule has 0 radical (unpaired) electrons. The molecule has 18 heavy (non-hydrogen) atoms. The van der Waals surface area contributed by atoms with Crippen LogP contribution >= 0.6 is 0 Å². The molecule has 0 bridgehead atoms. The third-order valence-electron chi connectivity index (χ3n) is 2.21. The van der Waals surface area contributed by atoms with Crippen LogP contribution in [-0.4, -0.2) is 33.7 Å². The molecule has 2 N–H and O–H groups in total. The number of methoxy groups -OCH3 is 1. The van der Waals surface area contributed by atoms with Crippen molar-refractivity contribution in [1.82, 2.24) is 0 Å². The van der Waals surface area contributed by atoms with Gasteiger partial charge in [-0.2, -0.15) is 0 Å². The SMILES string of the molecule is COc1cc(C(O)C[N+](=O)[O-])c([N+](=O)[O-])cc1O. The van der Waals surface area contributed by atoms with Gasteiger partial charge in [-0.05, 0) is 6.07 Å². The van der Waals surface area contributed by atoms with Gasteiger partial charge in [0.1, 0.15) is 0 Å². The highest BCUT2D eigenvalue weighted by atomic mass is 16.6. The summed E-state index contributed by atoms with van der Waals surface area (Å²) in [6.45, 7) is -0.880. The summed E-state index contributed by atoms with van der Waals surface area (Å²) in [5.41, 5.74) is -0.894. The van der Waals surface area contributed by atoms with E-state index >= 15 is 0 Å². The number of aromatic hydroxyl groups is 1. The van der Waals surface area contributed by atoms with E-state index in [9.17, 15) is 30.4 Å². The van der Waals surface area contributed by atoms with Gasteiger partial charge >= 0.3 is 0 Å². The standard InChI is InChI=1S/C9H10N2O7/c1-18-9-2-5(8(13)4-10(14)15)6(11(16)17)3-7(9)12/h2-3,8,12-13H,4H2,1H3. The number of rotatable bonds is 5. The van der Waals surface area contributed by atoms with Crippen molar-refractivity contribution in [2.24, 2.45) is 0 Å². The number of aliphatic hydroxyl groups excluding tert-OH is 1. The van der Waals surface area contributed by atoms with Gasteiger partial charge < -0.3 is 14.9 Å². The molecule has 0 aromatic heterocycles. The van der Waals surface area contributed by atoms with E-state index in [0.717, 1.165) is 12.1 Å². The number of nitrogens with zero attached hydrogens (tertiary/aromatic N) is 2. The highest BCUT2D eigenvalue weighted by Gasteiger charge is 2.26. The summed E-state index contributed by atoms with van der Waals surface area (Å²) in [5.74, 6) is -0.598. The summed E-state index contributed by atoms with van der Waals surface area (Å²) >= 11 is 0. The van der Waals surface area contributed by atoms with Gasteiger partial charge in [0.25, 0.3) is 5.69 Å². The fraction of sp³-hybridized carbons (Fsp3) is 0.333. The molecule has 98 valence electrons. The van der Waals surface area contributed by atoms with Crippen LogP contribution in [-0.2, 0) is 0 Å². The van der Waals surface area contributed by atoms with Crippen LogP contribution in [0, 0.1) is 20.2 Å². The number of ether oxygens (including phenoxy) is 1. The van der Waals surface area contributed by atoms with Crippen molar-refractivity contribution < 1.29 is 24.8 Å². The number of hydrogen-bond donors (Lipinski definition) is 2. The van der Waals surface area contributed by atoms with E-state index in [2.05, 4.69) is 0 Å². The van der Waals surface area contributed by atoms with Crippen LogP contribution in [0.5, 0.6) is 11.5 Å². The normalized spacial score (nSPS) is 11.9. The van der Waals surface area contributed by atoms with Crippen molar-refractivity contribution in [3.8, 4) is 11.5 Å². The first-order chi connectivity index (χ1) is 8.36. The molecule has 0 spiro atoms. The van der Waals surface area contributed by atoms with Gasteiger partial charge in [0.15, 0.2) is 17.6 Å². The van der Waals surface area contributed by atoms with Crippen molar-refractivity contribution in [2.75, 3.05) is 13.7 Å². The van der Waals surface area contributed by atoms with E-state index in [1.165, 1.54) is 7.11 Å². The van der Waals surface area contributed by atoms with Crippen LogP contribution in [0.4, 0.5) is 5.69 Å². The average Bonchev–Trinajstić information content (AvgIpc) is 2.27. The predicted molar refractivity (Wildman–Crippen MR) is 58.1 cm³/mol. The maximum absolute atomic E-state index is 10.7. The molecular weight excluding hydrogens is 248 g/mol. The van der Waals surface area contributed by atoms with E-state index in [-0.39, 0.29) is 11.3 Å². The fourth-order valence-electron chi connectivity index (χ4n) is 1.40. The Balaban J connectivity index is 3.29. The first kappa shape index (κ1) is 13.6. The number of hydrogen-bond acceptors (Lipinski definition) is 7. The largest absolute Gasteiger partial charge is 0.504 e. The minimum atomic E-state index is -1.66. The van der Waals surface area contributed by atoms with Crippen LogP contribution in [0.3, 0.4) is 0 Å². The summed E-state index contributed by atoms with van der Waals surface area (Å²) in [5, 5.41) is 39.9. The molecule has 0 aliphatic heterocycles. The third-order valence-corrected chi connectivity index (χ3v) is 2.21. The molecule has 0 aliphatic rings. The van der Waals surface area contributed by atoms with Gasteiger partial charge in [0, 0.05) is 4.92 Å². The topological polar surface area (TPSA) is 136 Å². The van der Waals surface area contributed by atoms with Crippen molar-refractivity contribution in [3.63, 3.8) is 0 Å². The van der Waals surface area contributed by atoms with E-state index in [1.807, 2.05) is 0 Å². The molecular formula is C9H10N2O7. The van der Waals surface area contributed by atoms with Crippen molar-refractivity contribution in [3.05, 3.63) is 37.9 Å². The third kappa shape index (κ3) is 2.83. The van der Waals surface area contributed by atoms with E-state index in [0.29, 0.717) is 0 Å². The lowest BCUT2D eigenvalue weighted by atomic mass is 10.1. The number of phenols is 1. The van der Waals surface area contributed by atoms with Crippen LogP contribution in [0.15, 0.2) is 12.1 Å². The molecule has 0 fully saturated rings. The molecule has 0 aliphatic carbocycles. The molecule has 1 atom stereocenters. The maximum atomic E-state index is 10.7. The van der Waals surface area contributed by atoms with Gasteiger partial charge in [-0.25, -0.2) is 0 Å². The first-order valence-electron chi connectivity index (χ1n) is 4.72. The summed E-state index contributed by atoms with van der Waals surface area (Å²) in [6, 6.07) is 1.78. The Hall–Kier alpha value is -2.42. The number of nitro benzene ring substituents is 1. The highest BCUT2D eigenvalue weighted by Crippen LogP contribution is 2.36. The smallest absolute Gasteiger partial charge is 0.279 e. The van der Waals surface area contributed by atoms with Gasteiger partial charge in [-0.1, -0.05) is 0 Å². The molecule has 1 aromatic rings. The highest BCUT2D eigenvalue weighted by molar-refractivity contribution is 5.54. The second-order valence-corrected chi connectivity index (χ2v) is 3.37. The Morgan fingerprint density at radius 3 is 2.44 bits per heavy atom. The molecule has 0 saturated carbocycles. The molecule has 9 nitrogen and oxygen atoms in total. The van der Waals surface area contributed by atoms with Gasteiger partial charge in [-0.3, -0.25) is 20.2 Å². The second kappa shape index (κ2) is 5.27. The summed E-state index contributed by atoms with van der Waals surface area (Å²) in [7, 11) is 1.21. The molecule has 0 saturated heterocycles. The lowest BCUT2D eigenvalue weighted by Gasteiger charge is -2.10. The van der Waals surface area contributed by atoms with Crippen LogP contribution in [0.1, 0.15) is 11.7 Å². The summed E-state index contributed by atoms with van der Waals surface area (Å²) < 4.78 is 4.72. The lowest BCUT2D eigenvalue weighted by Crippen LogP contribution is -2.13. The van der Waals surface area contributed by atoms with Crippen LogP contribution in [0.2, 0.25) is 0 Å². The minimum Gasteiger partial charge on any atom is -0.504 e. The molecule has 1 rings (SSSR count). The van der Waals surface area contributed by atoms with Crippen LogP contribution in [0.25, 0.3) is 0 Å². The number of nitro groups is 2. The van der Waals surface area contributed by atoms with Crippen LogP contribution < -0.4 is 4.74 Å². The zero-order valence-corrected chi connectivity index (χ0v) is 9.27. The second-order valence-electron chi connectivity index (χ2n) is 3.37. The van der Waals surface area contributed by atoms with Gasteiger partial charge in [0.05, 0.1) is 23.7 Å². The van der Waals surface area contributed by atoms with E-state index in [4.69, 9.17) is 4.74 Å². The number of aliphatic hydroxyl groups is 1. The summed E-state index contributed by atoms with van der Waals surface area (Å²) in [4.78, 5) is 19.4. The molecule has 9 heteroatoms. The lowest BCUT2D eigenvalue weighted by molar-refractivity contribution is -0.492. The molecule has 0 heterocycles. The van der Waals surface area contributed by atoms with Crippen molar-refractivity contribution >= 4 is 5.69 Å². The first-order valence-corrected chi connectivity index (χ1v) is 4.72. The predicted octanol–water partition coefficient (Wildman–Crippen LogP) is 0.619. The minimum absolute atomic E-state index is 0.113. The Morgan fingerprint density at radius 2 is 2.00 bits per heavy atom. The van der Waals surface area contributed by atoms with Crippen molar-refractivity contribution in [1.29, 1.82) is 0 Å². The number of benzene rings is 1. The monoisotopic (exact) mass is 258 g/mol. The Labute approximate surface area is 101 Å². The fourth-order valence-corrected chi connectivity index (χ4v) is 1.40. The summed E-state index contributed by atoms with van der Waals surface area (Å²) in [6.07, 6.45) is -1.66. The maximum Gasteiger partial charge on any atom is 0.279 e. The molecule has 1 aromatic carbocycles. The van der Waals surface area contributed by atoms with E-state index in [1.54, 1.807) is 0 Å². The van der Waals surface area contributed by atoms with Gasteiger partial charge in [-0.15, -0.1) is 0 Å². The molecule has 0 amide bonds. The number of phenolic OH excluding ortho intramolecular Hbond substituents is 1. The Kier molecular flexibility index (Phi) is 4.00. The Morgan fingerprint density at radius 1 is 1.39 bits per heavy atom. The zero-order chi connectivity index (χ0) is 13.9. The average molecular weight is 258 g/mol. The van der Waals surface area contributed by atoms with Gasteiger partial charge in [0.2, 0.25) is 6.54 Å². The zero-order valence-electron chi connectivity index (χ0n) is 9.27. The van der Waals surface area contributed by atoms with E-state index < -0.39 is 33.9 Å².